The van der Waals surface area contributed by atoms with Gasteiger partial charge in [-0.1, -0.05) is 13.8 Å². The molecule has 2 aromatic rings. The van der Waals surface area contributed by atoms with Gasteiger partial charge in [-0.3, -0.25) is 0 Å². The molecule has 0 aliphatic heterocycles. The van der Waals surface area contributed by atoms with Crippen LogP contribution in [0, 0.1) is 13.8 Å². The molecule has 2 rings (SSSR count). The van der Waals surface area contributed by atoms with Gasteiger partial charge in [0.2, 0.25) is 5.89 Å². The molecule has 0 N–H and O–H groups in total. The highest BCUT2D eigenvalue weighted by molar-refractivity contribution is 8.13. The van der Waals surface area contributed by atoms with Gasteiger partial charge in [-0.15, -0.1) is 10.2 Å². The van der Waals surface area contributed by atoms with E-state index in [0.29, 0.717) is 28.7 Å². The van der Waals surface area contributed by atoms with Crippen LogP contribution in [0.25, 0.3) is 11.6 Å². The lowest BCUT2D eigenvalue weighted by Gasteiger charge is -2.01. The summed E-state index contributed by atoms with van der Waals surface area (Å²) in [6, 6.07) is 0. The van der Waals surface area contributed by atoms with Gasteiger partial charge in [0.15, 0.2) is 0 Å². The lowest BCUT2D eigenvalue weighted by Crippen LogP contribution is -1.97. The molecule has 0 amide bonds. The van der Waals surface area contributed by atoms with Crippen molar-refractivity contribution in [1.82, 2.24) is 14.8 Å². The molecule has 2 aromatic heterocycles. The van der Waals surface area contributed by atoms with Gasteiger partial charge in [-0.2, -0.15) is 0 Å². The zero-order chi connectivity index (χ0) is 15.2. The summed E-state index contributed by atoms with van der Waals surface area (Å²) in [6.45, 7) is 7.24. The summed E-state index contributed by atoms with van der Waals surface area (Å²) in [5.41, 5.74) is 1.62. The Morgan fingerprint density at radius 3 is 2.25 bits per heavy atom. The summed E-state index contributed by atoms with van der Waals surface area (Å²) in [5, 5.41) is 7.95. The minimum absolute atomic E-state index is 0.0981. The number of hydrogen-bond acceptors (Lipinski definition) is 5. The topological polar surface area (TPSA) is 78.0 Å². The Kier molecular flexibility index (Phi) is 3.68. The molecule has 0 aromatic carbocycles. The van der Waals surface area contributed by atoms with Crippen molar-refractivity contribution in [2.24, 2.45) is 7.05 Å². The second-order valence-corrected chi connectivity index (χ2v) is 7.49. The lowest BCUT2D eigenvalue weighted by atomic mass is 10.2. The molecule has 0 bridgehead atoms. The van der Waals surface area contributed by atoms with Crippen LogP contribution in [0.4, 0.5) is 0 Å². The molecule has 0 unspecified atom stereocenters. The second kappa shape index (κ2) is 4.89. The molecule has 110 valence electrons. The Morgan fingerprint density at radius 2 is 1.85 bits per heavy atom. The van der Waals surface area contributed by atoms with Crippen molar-refractivity contribution in [2.45, 2.75) is 38.5 Å². The highest BCUT2D eigenvalue weighted by atomic mass is 35.7. The maximum Gasteiger partial charge on any atom is 0.264 e. The molecule has 2 heterocycles. The highest BCUT2D eigenvalue weighted by Crippen LogP contribution is 2.34. The Hall–Kier alpha value is -1.34. The zero-order valence-corrected chi connectivity index (χ0v) is 13.5. The Morgan fingerprint density at radius 1 is 1.25 bits per heavy atom. The Bertz CT molecular complexity index is 759. The Labute approximate surface area is 122 Å². The van der Waals surface area contributed by atoms with Crippen LogP contribution in [0.15, 0.2) is 9.31 Å². The van der Waals surface area contributed by atoms with Crippen molar-refractivity contribution < 1.29 is 12.8 Å². The van der Waals surface area contributed by atoms with Crippen molar-refractivity contribution in [3.63, 3.8) is 0 Å². The second-order valence-electron chi connectivity index (χ2n) is 4.99. The third-order valence-electron chi connectivity index (χ3n) is 3.24. The van der Waals surface area contributed by atoms with Crippen LogP contribution < -0.4 is 0 Å². The minimum atomic E-state index is -3.82. The van der Waals surface area contributed by atoms with Gasteiger partial charge in [0.1, 0.15) is 10.6 Å². The summed E-state index contributed by atoms with van der Waals surface area (Å²) in [5.74, 6) is 0.908. The van der Waals surface area contributed by atoms with E-state index in [2.05, 4.69) is 10.2 Å². The molecule has 0 fully saturated rings. The fourth-order valence-corrected chi connectivity index (χ4v) is 3.81. The lowest BCUT2D eigenvalue weighted by molar-refractivity contribution is 0.478. The molecular weight excluding hydrogens is 302 g/mol. The standard InChI is InChI=1S/C12H16ClN3O3S/c1-6(2)11-14-15-12(19-11)9-7(3)10(20(13,17)18)8(4)16(9)5/h6H,1-5H3. The fraction of sp³-hybridized carbons (Fsp3) is 0.500. The molecule has 0 aliphatic rings. The van der Waals surface area contributed by atoms with Crippen LogP contribution in [-0.4, -0.2) is 23.2 Å². The predicted octanol–water partition coefficient (Wildman–Crippen LogP) is 2.74. The first kappa shape index (κ1) is 15.1. The third-order valence-corrected chi connectivity index (χ3v) is 4.80. The van der Waals surface area contributed by atoms with Gasteiger partial charge in [-0.05, 0) is 13.8 Å². The summed E-state index contributed by atoms with van der Waals surface area (Å²) < 4.78 is 30.6. The molecule has 0 saturated carbocycles. The first-order valence-electron chi connectivity index (χ1n) is 6.09. The molecule has 0 spiro atoms. The third kappa shape index (κ3) is 2.35. The van der Waals surface area contributed by atoms with Crippen LogP contribution in [0.1, 0.15) is 36.9 Å². The summed E-state index contributed by atoms with van der Waals surface area (Å²) >= 11 is 0. The molecule has 0 aliphatic carbocycles. The van der Waals surface area contributed by atoms with E-state index in [9.17, 15) is 8.42 Å². The number of aromatic nitrogens is 3. The van der Waals surface area contributed by atoms with Gasteiger partial charge in [0.05, 0.1) is 0 Å². The number of nitrogens with zero attached hydrogens (tertiary/aromatic N) is 3. The van der Waals surface area contributed by atoms with Gasteiger partial charge >= 0.3 is 0 Å². The fourth-order valence-electron chi connectivity index (χ4n) is 2.18. The highest BCUT2D eigenvalue weighted by Gasteiger charge is 2.27. The van der Waals surface area contributed by atoms with E-state index in [4.69, 9.17) is 15.1 Å². The van der Waals surface area contributed by atoms with Crippen molar-refractivity contribution in [3.8, 4) is 11.6 Å². The molecular formula is C12H16ClN3O3S. The molecule has 0 saturated heterocycles. The molecule has 8 heteroatoms. The smallest absolute Gasteiger partial charge is 0.264 e. The summed E-state index contributed by atoms with van der Waals surface area (Å²) in [6.07, 6.45) is 0. The SMILES string of the molecule is Cc1c(S(=O)(=O)Cl)c(C)n(C)c1-c1nnc(C(C)C)o1. The van der Waals surface area contributed by atoms with Crippen molar-refractivity contribution >= 4 is 19.7 Å². The number of halogens is 1. The van der Waals surface area contributed by atoms with Crippen LogP contribution in [0.2, 0.25) is 0 Å². The maximum atomic E-state index is 11.7. The normalized spacial score (nSPS) is 12.3. The van der Waals surface area contributed by atoms with Crippen LogP contribution >= 0.6 is 10.7 Å². The van der Waals surface area contributed by atoms with Gasteiger partial charge in [0, 0.05) is 34.9 Å². The van der Waals surface area contributed by atoms with Crippen molar-refractivity contribution in [1.29, 1.82) is 0 Å². The van der Waals surface area contributed by atoms with Crippen molar-refractivity contribution in [3.05, 3.63) is 17.1 Å². The maximum absolute atomic E-state index is 11.7. The summed E-state index contributed by atoms with van der Waals surface area (Å²) in [7, 11) is 3.41. The first-order chi connectivity index (χ1) is 9.14. The van der Waals surface area contributed by atoms with E-state index in [1.807, 2.05) is 13.8 Å². The van der Waals surface area contributed by atoms with Gasteiger partial charge in [-0.25, -0.2) is 8.42 Å². The molecule has 6 nitrogen and oxygen atoms in total. The van der Waals surface area contributed by atoms with E-state index in [-0.39, 0.29) is 10.8 Å². The quantitative estimate of drug-likeness (QED) is 0.813. The van der Waals surface area contributed by atoms with Gasteiger partial charge in [0.25, 0.3) is 14.9 Å². The molecule has 20 heavy (non-hydrogen) atoms. The predicted molar refractivity (Wildman–Crippen MR) is 75.3 cm³/mol. The summed E-state index contributed by atoms with van der Waals surface area (Å²) in [4.78, 5) is 0.0981. The van der Waals surface area contributed by atoms with Crippen LogP contribution in [0.3, 0.4) is 0 Å². The van der Waals surface area contributed by atoms with E-state index < -0.39 is 9.05 Å². The first-order valence-corrected chi connectivity index (χ1v) is 8.39. The van der Waals surface area contributed by atoms with E-state index in [0.717, 1.165) is 0 Å². The monoisotopic (exact) mass is 317 g/mol. The average Bonchev–Trinajstić information content (AvgIpc) is 2.83. The van der Waals surface area contributed by atoms with Crippen LogP contribution in [-0.2, 0) is 16.1 Å². The molecule has 0 radical (unpaired) electrons. The number of hydrogen-bond donors (Lipinski definition) is 0. The largest absolute Gasteiger partial charge is 0.419 e. The number of rotatable bonds is 3. The van der Waals surface area contributed by atoms with Gasteiger partial charge < -0.3 is 8.98 Å². The van der Waals surface area contributed by atoms with Crippen molar-refractivity contribution in [2.75, 3.05) is 0 Å². The Balaban J connectivity index is 2.69. The van der Waals surface area contributed by atoms with Crippen LogP contribution in [0.5, 0.6) is 0 Å². The zero-order valence-electron chi connectivity index (χ0n) is 11.9. The van der Waals surface area contributed by atoms with E-state index in [1.165, 1.54) is 0 Å². The van der Waals surface area contributed by atoms with E-state index >= 15 is 0 Å². The minimum Gasteiger partial charge on any atom is -0.419 e. The van der Waals surface area contributed by atoms with E-state index in [1.54, 1.807) is 25.5 Å². The molecule has 0 atom stereocenters. The average molecular weight is 318 g/mol.